The molecule has 4 nitrogen and oxygen atoms in total. The van der Waals surface area contributed by atoms with E-state index in [0.29, 0.717) is 6.54 Å². The summed E-state index contributed by atoms with van der Waals surface area (Å²) in [5.74, 6) is -0.00332. The van der Waals surface area contributed by atoms with Crippen molar-refractivity contribution in [2.75, 3.05) is 11.9 Å². The standard InChI is InChI=1S/C19H19N3O/c23-20-14-15-13-18(21-16-7-3-1-4-8-16)11-12-19(15)22-17-9-5-2-6-10-17/h1-13,15,20-21,23H,14H2. The predicted octanol–water partition coefficient (Wildman–Crippen LogP) is 3.92. The summed E-state index contributed by atoms with van der Waals surface area (Å²) in [5.41, 5.74) is 6.09. The monoisotopic (exact) mass is 305 g/mol. The molecule has 0 aliphatic heterocycles. The van der Waals surface area contributed by atoms with Gasteiger partial charge in [0.1, 0.15) is 0 Å². The van der Waals surface area contributed by atoms with Crippen molar-refractivity contribution in [1.82, 2.24) is 5.48 Å². The molecule has 0 radical (unpaired) electrons. The van der Waals surface area contributed by atoms with E-state index < -0.39 is 0 Å². The number of allylic oxidation sites excluding steroid dienone is 2. The van der Waals surface area contributed by atoms with Gasteiger partial charge in [-0.2, -0.15) is 0 Å². The van der Waals surface area contributed by atoms with E-state index in [1.165, 1.54) is 0 Å². The van der Waals surface area contributed by atoms with E-state index in [2.05, 4.69) is 21.9 Å². The highest BCUT2D eigenvalue weighted by atomic mass is 16.5. The van der Waals surface area contributed by atoms with Crippen LogP contribution in [0.2, 0.25) is 0 Å². The van der Waals surface area contributed by atoms with Crippen molar-refractivity contribution < 1.29 is 5.21 Å². The number of nitrogens with zero attached hydrogens (tertiary/aromatic N) is 1. The molecule has 1 unspecified atom stereocenters. The first-order chi connectivity index (χ1) is 11.3. The van der Waals surface area contributed by atoms with E-state index in [1.807, 2.05) is 72.8 Å². The Kier molecular flexibility index (Phi) is 4.99. The lowest BCUT2D eigenvalue weighted by Gasteiger charge is -2.19. The summed E-state index contributed by atoms with van der Waals surface area (Å²) in [6.07, 6.45) is 6.06. The molecule has 2 aromatic carbocycles. The molecule has 0 saturated heterocycles. The molecule has 3 rings (SSSR count). The van der Waals surface area contributed by atoms with E-state index in [1.54, 1.807) is 0 Å². The average Bonchev–Trinajstić information content (AvgIpc) is 2.59. The number of hydrogen-bond acceptors (Lipinski definition) is 4. The van der Waals surface area contributed by atoms with Gasteiger partial charge in [-0.15, -0.1) is 0 Å². The van der Waals surface area contributed by atoms with Crippen LogP contribution in [-0.2, 0) is 0 Å². The van der Waals surface area contributed by atoms with Crippen LogP contribution in [0.3, 0.4) is 0 Å². The fraction of sp³-hybridized carbons (Fsp3) is 0.105. The van der Waals surface area contributed by atoms with Crippen LogP contribution in [0.1, 0.15) is 0 Å². The SMILES string of the molecule is ONCC1C=C(Nc2ccccc2)C=CC1=Nc1ccccc1. The minimum atomic E-state index is -0.00332. The van der Waals surface area contributed by atoms with E-state index in [0.717, 1.165) is 22.8 Å². The van der Waals surface area contributed by atoms with Gasteiger partial charge in [0, 0.05) is 29.6 Å². The number of nitrogens with one attached hydrogen (secondary N) is 2. The summed E-state index contributed by atoms with van der Waals surface area (Å²) in [7, 11) is 0. The summed E-state index contributed by atoms with van der Waals surface area (Å²) in [4.78, 5) is 4.67. The van der Waals surface area contributed by atoms with Crippen molar-refractivity contribution in [3.05, 3.63) is 84.6 Å². The van der Waals surface area contributed by atoms with Crippen molar-refractivity contribution in [1.29, 1.82) is 0 Å². The van der Waals surface area contributed by atoms with Crippen molar-refractivity contribution in [2.24, 2.45) is 10.9 Å². The van der Waals surface area contributed by atoms with Gasteiger partial charge in [-0.05, 0) is 36.4 Å². The molecule has 3 N–H and O–H groups in total. The third kappa shape index (κ3) is 4.16. The first kappa shape index (κ1) is 15.2. The van der Waals surface area contributed by atoms with Gasteiger partial charge in [-0.25, -0.2) is 5.48 Å². The highest BCUT2D eigenvalue weighted by Gasteiger charge is 2.16. The third-order valence-electron chi connectivity index (χ3n) is 3.58. The Morgan fingerprint density at radius 2 is 1.61 bits per heavy atom. The number of benzene rings is 2. The number of rotatable bonds is 5. The van der Waals surface area contributed by atoms with Gasteiger partial charge in [0.25, 0.3) is 0 Å². The molecule has 0 aromatic heterocycles. The van der Waals surface area contributed by atoms with E-state index in [4.69, 9.17) is 5.21 Å². The quantitative estimate of drug-likeness (QED) is 0.734. The Balaban J connectivity index is 1.80. The minimum absolute atomic E-state index is 0.00332. The van der Waals surface area contributed by atoms with Crippen LogP contribution < -0.4 is 10.8 Å². The van der Waals surface area contributed by atoms with Crippen LogP contribution in [0.5, 0.6) is 0 Å². The molecule has 0 amide bonds. The molecule has 0 bridgehead atoms. The second-order valence-electron chi connectivity index (χ2n) is 5.29. The topological polar surface area (TPSA) is 56.6 Å². The number of para-hydroxylation sites is 2. The van der Waals surface area contributed by atoms with Gasteiger partial charge in [-0.3, -0.25) is 4.99 Å². The maximum Gasteiger partial charge on any atom is 0.0633 e. The van der Waals surface area contributed by atoms with Crippen LogP contribution in [0, 0.1) is 5.92 Å². The molecule has 0 saturated carbocycles. The molecule has 0 heterocycles. The average molecular weight is 305 g/mol. The third-order valence-corrected chi connectivity index (χ3v) is 3.58. The van der Waals surface area contributed by atoms with Crippen molar-refractivity contribution in [3.63, 3.8) is 0 Å². The normalized spacial score (nSPS) is 18.7. The van der Waals surface area contributed by atoms with Gasteiger partial charge >= 0.3 is 0 Å². The van der Waals surface area contributed by atoms with Crippen LogP contribution in [-0.4, -0.2) is 17.5 Å². The second kappa shape index (κ2) is 7.54. The first-order valence-corrected chi connectivity index (χ1v) is 7.58. The lowest BCUT2D eigenvalue weighted by Crippen LogP contribution is -2.26. The minimum Gasteiger partial charge on any atom is -0.356 e. The highest BCUT2D eigenvalue weighted by molar-refractivity contribution is 6.01. The molecule has 4 heteroatoms. The number of hydrogen-bond donors (Lipinski definition) is 3. The Hall–Kier alpha value is -2.69. The van der Waals surface area contributed by atoms with Gasteiger partial charge in [0.2, 0.25) is 0 Å². The van der Waals surface area contributed by atoms with Crippen LogP contribution in [0.15, 0.2) is 89.6 Å². The molecule has 1 aliphatic rings. The summed E-state index contributed by atoms with van der Waals surface area (Å²) >= 11 is 0. The van der Waals surface area contributed by atoms with E-state index in [9.17, 15) is 0 Å². The fourth-order valence-electron chi connectivity index (χ4n) is 2.46. The molecular weight excluding hydrogens is 286 g/mol. The smallest absolute Gasteiger partial charge is 0.0633 e. The predicted molar refractivity (Wildman–Crippen MR) is 94.1 cm³/mol. The zero-order valence-corrected chi connectivity index (χ0v) is 12.7. The van der Waals surface area contributed by atoms with Crippen molar-refractivity contribution in [3.8, 4) is 0 Å². The molecular formula is C19H19N3O. The number of hydroxylamine groups is 1. The Morgan fingerprint density at radius 1 is 0.913 bits per heavy atom. The maximum absolute atomic E-state index is 9.10. The zero-order chi connectivity index (χ0) is 15.9. The van der Waals surface area contributed by atoms with Gasteiger partial charge < -0.3 is 10.5 Å². The van der Waals surface area contributed by atoms with Crippen LogP contribution in [0.4, 0.5) is 11.4 Å². The Morgan fingerprint density at radius 3 is 2.30 bits per heavy atom. The molecule has 0 fully saturated rings. The van der Waals surface area contributed by atoms with E-state index >= 15 is 0 Å². The largest absolute Gasteiger partial charge is 0.356 e. The lowest BCUT2D eigenvalue weighted by molar-refractivity contribution is 0.163. The summed E-state index contributed by atoms with van der Waals surface area (Å²) in [6, 6.07) is 19.8. The molecule has 23 heavy (non-hydrogen) atoms. The number of anilines is 1. The van der Waals surface area contributed by atoms with Gasteiger partial charge in [-0.1, -0.05) is 42.5 Å². The van der Waals surface area contributed by atoms with Gasteiger partial charge in [0.05, 0.1) is 5.69 Å². The molecule has 1 atom stereocenters. The Bertz CT molecular complexity index is 721. The first-order valence-electron chi connectivity index (χ1n) is 7.58. The summed E-state index contributed by atoms with van der Waals surface area (Å²) in [6.45, 7) is 0.413. The summed E-state index contributed by atoms with van der Waals surface area (Å²) < 4.78 is 0. The molecule has 116 valence electrons. The molecule has 2 aromatic rings. The van der Waals surface area contributed by atoms with E-state index in [-0.39, 0.29) is 5.92 Å². The zero-order valence-electron chi connectivity index (χ0n) is 12.7. The van der Waals surface area contributed by atoms with Crippen LogP contribution in [0.25, 0.3) is 0 Å². The van der Waals surface area contributed by atoms with Crippen molar-refractivity contribution >= 4 is 17.1 Å². The molecule has 0 spiro atoms. The molecule has 1 aliphatic carbocycles. The number of aliphatic imine (C=N–C) groups is 1. The maximum atomic E-state index is 9.10. The Labute approximate surface area is 135 Å². The van der Waals surface area contributed by atoms with Crippen molar-refractivity contribution in [2.45, 2.75) is 0 Å². The van der Waals surface area contributed by atoms with Gasteiger partial charge in [0.15, 0.2) is 0 Å². The highest BCUT2D eigenvalue weighted by Crippen LogP contribution is 2.20. The lowest BCUT2D eigenvalue weighted by atomic mass is 9.96. The fourth-order valence-corrected chi connectivity index (χ4v) is 2.46. The second-order valence-corrected chi connectivity index (χ2v) is 5.29. The summed E-state index contributed by atoms with van der Waals surface area (Å²) in [5, 5.41) is 12.5. The van der Waals surface area contributed by atoms with Crippen LogP contribution >= 0.6 is 0 Å².